The lowest BCUT2D eigenvalue weighted by Crippen LogP contribution is -2.60. The van der Waals surface area contributed by atoms with Crippen LogP contribution in [-0.4, -0.2) is 99.0 Å². The lowest BCUT2D eigenvalue weighted by molar-refractivity contribution is -0.192. The van der Waals surface area contributed by atoms with Crippen LogP contribution in [0.15, 0.2) is 30.3 Å². The van der Waals surface area contributed by atoms with Gasteiger partial charge in [0.1, 0.15) is 18.1 Å². The van der Waals surface area contributed by atoms with E-state index >= 15 is 0 Å². The molecular weight excluding hydrogens is 645 g/mol. The lowest BCUT2D eigenvalue weighted by atomic mass is 10.00. The smallest absolute Gasteiger partial charge is 0.481 e. The molecular formula is C28H38ClF3N4O10. The lowest BCUT2D eigenvalue weighted by Gasteiger charge is -2.28. The second-order valence-corrected chi connectivity index (χ2v) is 10.7. The third-order valence-electron chi connectivity index (χ3n) is 5.84. The summed E-state index contributed by atoms with van der Waals surface area (Å²) in [5.74, 6) is -8.36. The number of ketones is 1. The van der Waals surface area contributed by atoms with Gasteiger partial charge in [0, 0.05) is 13.3 Å². The molecule has 5 atom stereocenters. The molecule has 1 rings (SSSR count). The van der Waals surface area contributed by atoms with Crippen molar-refractivity contribution in [3.63, 3.8) is 0 Å². The number of carbonyl (C=O) groups excluding carboxylic acids is 5. The molecule has 0 radical (unpaired) electrons. The summed E-state index contributed by atoms with van der Waals surface area (Å²) in [6, 6.07) is 3.81. The molecule has 0 bridgehead atoms. The monoisotopic (exact) mass is 682 g/mol. The largest absolute Gasteiger partial charge is 0.490 e. The van der Waals surface area contributed by atoms with Crippen LogP contribution >= 0.6 is 11.6 Å². The molecule has 7 N–H and O–H groups in total. The number of hydrogen-bond donors (Lipinski definition) is 7. The molecule has 4 amide bonds. The molecule has 1 aromatic rings. The third kappa shape index (κ3) is 16.7. The highest BCUT2D eigenvalue weighted by atomic mass is 35.5. The number of aliphatic hydroxyl groups is 1. The van der Waals surface area contributed by atoms with Gasteiger partial charge in [-0.05, 0) is 24.8 Å². The number of carboxylic acid groups (broad SMARTS) is 2. The molecule has 0 aliphatic rings. The Hall–Kier alpha value is -4.25. The second-order valence-electron chi connectivity index (χ2n) is 10.4. The Kier molecular flexibility index (Phi) is 18.1. The zero-order valence-electron chi connectivity index (χ0n) is 25.4. The standard InChI is InChI=1S/C26H37ClN4O8.C2HF3O2/c1-14(2)10-19(30-24(37)20(28-16(4)33)11-17-8-6-5-7-9-17)25(38)31-23(15(3)32)26(39)29-18(12-22(35)36)21(34)13-27;3-2(4,5)1(6)7/h5-9,14-15,18-20,23,32H,10-13H2,1-4H3,(H,28,33)(H,29,39)(H,30,37)(H,31,38)(H,35,36);(H,6,7)/t15-,18+,19+,20+,23+;/m1./s1. The van der Waals surface area contributed by atoms with Crippen LogP contribution in [0.25, 0.3) is 0 Å². The van der Waals surface area contributed by atoms with Crippen LogP contribution in [-0.2, 0) is 40.0 Å². The summed E-state index contributed by atoms with van der Waals surface area (Å²) in [5.41, 5.74) is 0.782. The minimum absolute atomic E-state index is 0.0745. The van der Waals surface area contributed by atoms with E-state index in [1.807, 2.05) is 19.9 Å². The normalized spacial score (nSPS) is 14.2. The van der Waals surface area contributed by atoms with E-state index in [9.17, 15) is 47.0 Å². The first kappa shape index (κ1) is 41.8. The van der Waals surface area contributed by atoms with E-state index in [0.717, 1.165) is 5.56 Å². The van der Waals surface area contributed by atoms with Gasteiger partial charge in [0.25, 0.3) is 0 Å². The molecule has 0 aliphatic heterocycles. The molecule has 0 fully saturated rings. The fraction of sp³-hybridized carbons (Fsp3) is 0.536. The molecule has 0 heterocycles. The Morgan fingerprint density at radius 1 is 0.804 bits per heavy atom. The number of rotatable bonds is 16. The molecule has 0 aromatic heterocycles. The molecule has 0 aliphatic carbocycles. The van der Waals surface area contributed by atoms with E-state index in [1.165, 1.54) is 13.8 Å². The van der Waals surface area contributed by atoms with Gasteiger partial charge in [-0.25, -0.2) is 4.79 Å². The molecule has 14 nitrogen and oxygen atoms in total. The number of halogens is 4. The summed E-state index contributed by atoms with van der Waals surface area (Å²) in [4.78, 5) is 82.9. The van der Waals surface area contributed by atoms with Crippen molar-refractivity contribution in [2.45, 2.75) is 83.4 Å². The summed E-state index contributed by atoms with van der Waals surface area (Å²) >= 11 is 5.51. The van der Waals surface area contributed by atoms with E-state index in [-0.39, 0.29) is 18.8 Å². The average molecular weight is 683 g/mol. The van der Waals surface area contributed by atoms with Crippen LogP contribution in [0.4, 0.5) is 13.2 Å². The summed E-state index contributed by atoms with van der Waals surface area (Å²) < 4.78 is 31.7. The number of nitrogens with one attached hydrogen (secondary N) is 4. The summed E-state index contributed by atoms with van der Waals surface area (Å²) in [5, 5.41) is 36.1. The number of hydrogen-bond acceptors (Lipinski definition) is 8. The van der Waals surface area contributed by atoms with Gasteiger partial charge in [0.05, 0.1) is 24.4 Å². The SMILES string of the molecule is CC(=O)N[C@@H](Cc1ccccc1)C(=O)N[C@@H](CC(C)C)C(=O)N[C@H](C(=O)N[C@@H](CC(=O)O)C(=O)CCl)[C@@H](C)O.O=C(O)C(F)(F)F. The van der Waals surface area contributed by atoms with E-state index in [1.54, 1.807) is 24.3 Å². The number of alkyl halides is 4. The number of aliphatic carboxylic acids is 2. The van der Waals surface area contributed by atoms with Crippen molar-refractivity contribution in [2.24, 2.45) is 5.92 Å². The average Bonchev–Trinajstić information content (AvgIpc) is 2.93. The summed E-state index contributed by atoms with van der Waals surface area (Å²) in [7, 11) is 0. The van der Waals surface area contributed by atoms with Gasteiger partial charge < -0.3 is 36.6 Å². The van der Waals surface area contributed by atoms with Gasteiger partial charge in [-0.3, -0.25) is 28.8 Å². The van der Waals surface area contributed by atoms with Gasteiger partial charge in [-0.1, -0.05) is 44.2 Å². The maximum absolute atomic E-state index is 13.2. The zero-order valence-corrected chi connectivity index (χ0v) is 26.1. The van der Waals surface area contributed by atoms with E-state index < -0.39 is 90.1 Å². The minimum Gasteiger partial charge on any atom is -0.481 e. The maximum atomic E-state index is 13.2. The van der Waals surface area contributed by atoms with Crippen molar-refractivity contribution in [1.82, 2.24) is 21.3 Å². The Morgan fingerprint density at radius 2 is 1.30 bits per heavy atom. The maximum Gasteiger partial charge on any atom is 0.490 e. The van der Waals surface area contributed by atoms with Crippen LogP contribution in [0.2, 0.25) is 0 Å². The van der Waals surface area contributed by atoms with Crippen molar-refractivity contribution in [3.8, 4) is 0 Å². The number of aliphatic hydroxyl groups excluding tert-OH is 1. The molecule has 0 unspecified atom stereocenters. The Balaban J connectivity index is 0.00000258. The Bertz CT molecular complexity index is 1220. The predicted molar refractivity (Wildman–Crippen MR) is 156 cm³/mol. The number of carboxylic acids is 2. The zero-order chi connectivity index (χ0) is 35.8. The van der Waals surface area contributed by atoms with Crippen LogP contribution in [0.1, 0.15) is 46.1 Å². The number of amides is 4. The van der Waals surface area contributed by atoms with Gasteiger partial charge >= 0.3 is 18.1 Å². The first-order valence-electron chi connectivity index (χ1n) is 13.7. The Morgan fingerprint density at radius 3 is 1.72 bits per heavy atom. The Labute approximate surface area is 267 Å². The number of benzene rings is 1. The quantitative estimate of drug-likeness (QED) is 0.120. The van der Waals surface area contributed by atoms with Crippen molar-refractivity contribution in [2.75, 3.05) is 5.88 Å². The molecule has 0 spiro atoms. The van der Waals surface area contributed by atoms with Gasteiger partial charge in [-0.15, -0.1) is 11.6 Å². The van der Waals surface area contributed by atoms with Crippen LogP contribution in [0.3, 0.4) is 0 Å². The molecule has 258 valence electrons. The summed E-state index contributed by atoms with van der Waals surface area (Å²) in [6.45, 7) is 6.12. The molecule has 46 heavy (non-hydrogen) atoms. The van der Waals surface area contributed by atoms with E-state index in [2.05, 4.69) is 21.3 Å². The fourth-order valence-electron chi connectivity index (χ4n) is 3.71. The van der Waals surface area contributed by atoms with Crippen molar-refractivity contribution >= 4 is 53.0 Å². The van der Waals surface area contributed by atoms with Crippen molar-refractivity contribution in [1.29, 1.82) is 0 Å². The van der Waals surface area contributed by atoms with E-state index in [4.69, 9.17) is 26.6 Å². The second kappa shape index (κ2) is 20.0. The molecule has 1 aromatic carbocycles. The molecule has 18 heteroatoms. The number of Topliss-reactive ketones (excluding diaryl/α,β-unsaturated/α-hetero) is 1. The molecule has 0 saturated heterocycles. The van der Waals surface area contributed by atoms with Gasteiger partial charge in [0.2, 0.25) is 23.6 Å². The summed E-state index contributed by atoms with van der Waals surface area (Å²) in [6.07, 6.45) is -6.93. The highest BCUT2D eigenvalue weighted by molar-refractivity contribution is 6.28. The van der Waals surface area contributed by atoms with Crippen molar-refractivity contribution in [3.05, 3.63) is 35.9 Å². The fourth-order valence-corrected chi connectivity index (χ4v) is 3.90. The highest BCUT2D eigenvalue weighted by Crippen LogP contribution is 2.13. The molecule has 0 saturated carbocycles. The number of carbonyl (C=O) groups is 7. The first-order chi connectivity index (χ1) is 21.2. The third-order valence-corrected chi connectivity index (χ3v) is 6.10. The van der Waals surface area contributed by atoms with Crippen LogP contribution in [0.5, 0.6) is 0 Å². The minimum atomic E-state index is -5.08. The van der Waals surface area contributed by atoms with Crippen LogP contribution in [0, 0.1) is 5.92 Å². The van der Waals surface area contributed by atoms with Gasteiger partial charge in [-0.2, -0.15) is 13.2 Å². The van der Waals surface area contributed by atoms with Crippen molar-refractivity contribution < 1.29 is 62.1 Å². The predicted octanol–water partition coefficient (Wildman–Crippen LogP) is 0.531. The highest BCUT2D eigenvalue weighted by Gasteiger charge is 2.38. The van der Waals surface area contributed by atoms with E-state index in [0.29, 0.717) is 0 Å². The topological polar surface area (TPSA) is 228 Å². The van der Waals surface area contributed by atoms with Gasteiger partial charge in [0.15, 0.2) is 5.78 Å². The van der Waals surface area contributed by atoms with Crippen LogP contribution < -0.4 is 21.3 Å². The first-order valence-corrected chi connectivity index (χ1v) is 14.2.